The van der Waals surface area contributed by atoms with Crippen molar-refractivity contribution in [1.82, 2.24) is 0 Å². The quantitative estimate of drug-likeness (QED) is 0.399. The van der Waals surface area contributed by atoms with Crippen LogP contribution in [-0.4, -0.2) is 0 Å². The Bertz CT molecular complexity index is 147. The number of hydrogen-bond donors (Lipinski definition) is 0. The monoisotopic (exact) mass is 92.1 g/mol. The second-order valence-corrected chi connectivity index (χ2v) is 3.09. The highest BCUT2D eigenvalue weighted by Crippen LogP contribution is 2.64. The van der Waals surface area contributed by atoms with Crippen molar-refractivity contribution >= 4 is 0 Å². The zero-order chi connectivity index (χ0) is 4.43. The molecular weight excluding hydrogens is 84.1 g/mol. The lowest BCUT2D eigenvalue weighted by Gasteiger charge is -1.81. The van der Waals surface area contributed by atoms with Crippen molar-refractivity contribution in [2.75, 3.05) is 0 Å². The fourth-order valence-electron chi connectivity index (χ4n) is 1.99. The summed E-state index contributed by atoms with van der Waals surface area (Å²) >= 11 is 0. The molecule has 3 aliphatic carbocycles. The van der Waals surface area contributed by atoms with E-state index < -0.39 is 0 Å². The van der Waals surface area contributed by atoms with Crippen molar-refractivity contribution in [3.63, 3.8) is 0 Å². The van der Waals surface area contributed by atoms with Crippen LogP contribution in [0.5, 0.6) is 0 Å². The second-order valence-electron chi connectivity index (χ2n) is 3.09. The number of rotatable bonds is 0. The van der Waals surface area contributed by atoms with Gasteiger partial charge in [0.2, 0.25) is 0 Å². The van der Waals surface area contributed by atoms with E-state index in [1.165, 1.54) is 12.8 Å². The minimum atomic E-state index is 1.12. The summed E-state index contributed by atoms with van der Waals surface area (Å²) in [7, 11) is 0. The van der Waals surface area contributed by atoms with E-state index in [-0.39, 0.29) is 0 Å². The van der Waals surface area contributed by atoms with E-state index in [0.717, 1.165) is 11.8 Å². The third-order valence-electron chi connectivity index (χ3n) is 2.58. The van der Waals surface area contributed by atoms with Crippen LogP contribution in [-0.2, 0) is 0 Å². The van der Waals surface area contributed by atoms with Gasteiger partial charge in [0.05, 0.1) is 0 Å². The maximum atomic E-state index is 1.87. The van der Waals surface area contributed by atoms with Gasteiger partial charge in [0.15, 0.2) is 0 Å². The van der Waals surface area contributed by atoms with Crippen molar-refractivity contribution in [3.8, 4) is 0 Å². The van der Waals surface area contributed by atoms with Crippen LogP contribution in [0.15, 0.2) is 11.1 Å². The molecule has 0 radical (unpaired) electrons. The van der Waals surface area contributed by atoms with Gasteiger partial charge in [0.1, 0.15) is 0 Å². The van der Waals surface area contributed by atoms with Crippen molar-refractivity contribution < 1.29 is 0 Å². The molecule has 0 N–H and O–H groups in total. The Kier molecular flexibility index (Phi) is 0.247. The summed E-state index contributed by atoms with van der Waals surface area (Å²) in [6, 6.07) is 0. The Labute approximate surface area is 43.2 Å². The molecule has 0 heteroatoms. The highest BCUT2D eigenvalue weighted by molar-refractivity contribution is 5.46. The van der Waals surface area contributed by atoms with Gasteiger partial charge >= 0.3 is 0 Å². The average molecular weight is 92.1 g/mol. The van der Waals surface area contributed by atoms with E-state index in [1.54, 1.807) is 6.42 Å². The van der Waals surface area contributed by atoms with Crippen molar-refractivity contribution in [3.05, 3.63) is 11.1 Å². The smallest absolute Gasteiger partial charge is 0.0157 e. The van der Waals surface area contributed by atoms with Crippen LogP contribution in [0.3, 0.4) is 0 Å². The maximum absolute atomic E-state index is 1.87. The Morgan fingerprint density at radius 1 is 1.00 bits per heavy atom. The van der Waals surface area contributed by atoms with E-state index in [2.05, 4.69) is 0 Å². The molecule has 7 heavy (non-hydrogen) atoms. The minimum absolute atomic E-state index is 1.12. The van der Waals surface area contributed by atoms with Gasteiger partial charge in [-0.3, -0.25) is 0 Å². The lowest BCUT2D eigenvalue weighted by molar-refractivity contribution is 0.702. The molecule has 3 aliphatic rings. The maximum Gasteiger partial charge on any atom is -0.0157 e. The first-order valence-corrected chi connectivity index (χ1v) is 3.17. The van der Waals surface area contributed by atoms with Crippen LogP contribution in [0.2, 0.25) is 0 Å². The summed E-state index contributed by atoms with van der Waals surface area (Å²) in [5.74, 6) is 2.24. The lowest BCUT2D eigenvalue weighted by Crippen LogP contribution is -1.72. The second kappa shape index (κ2) is 0.594. The first-order chi connectivity index (χ1) is 3.45. The summed E-state index contributed by atoms with van der Waals surface area (Å²) in [6.45, 7) is 0. The predicted molar refractivity (Wildman–Crippen MR) is 27.9 cm³/mol. The van der Waals surface area contributed by atoms with Gasteiger partial charge < -0.3 is 0 Å². The number of hydrogen-bond acceptors (Lipinski definition) is 0. The van der Waals surface area contributed by atoms with Crippen LogP contribution in [0, 0.1) is 11.8 Å². The lowest BCUT2D eigenvalue weighted by atomic mass is 10.2. The van der Waals surface area contributed by atoms with Crippen LogP contribution in [0.25, 0.3) is 0 Å². The summed E-state index contributed by atoms with van der Waals surface area (Å²) in [5, 5.41) is 0. The summed E-state index contributed by atoms with van der Waals surface area (Å²) in [6.07, 6.45) is 4.53. The standard InChI is InChI=1S/C7H8/c1-4-2-6(4)7-3-5(1)7/h4-5H,1-3H2. The summed E-state index contributed by atoms with van der Waals surface area (Å²) in [5.41, 5.74) is 3.73. The molecule has 0 heterocycles. The van der Waals surface area contributed by atoms with Crippen LogP contribution in [0.1, 0.15) is 19.3 Å². The highest BCUT2D eigenvalue weighted by atomic mass is 14.6. The Morgan fingerprint density at radius 2 is 1.57 bits per heavy atom. The van der Waals surface area contributed by atoms with Crippen molar-refractivity contribution in [2.24, 2.45) is 11.8 Å². The van der Waals surface area contributed by atoms with Gasteiger partial charge in [0.25, 0.3) is 0 Å². The summed E-state index contributed by atoms with van der Waals surface area (Å²) < 4.78 is 0. The van der Waals surface area contributed by atoms with Gasteiger partial charge in [-0.25, -0.2) is 0 Å². The van der Waals surface area contributed by atoms with Crippen molar-refractivity contribution in [1.29, 1.82) is 0 Å². The molecule has 0 aliphatic heterocycles. The van der Waals surface area contributed by atoms with E-state index >= 15 is 0 Å². The predicted octanol–water partition coefficient (Wildman–Crippen LogP) is 1.73. The molecule has 0 saturated heterocycles. The van der Waals surface area contributed by atoms with E-state index in [0.29, 0.717) is 0 Å². The zero-order valence-corrected chi connectivity index (χ0v) is 4.28. The molecule has 0 nitrogen and oxygen atoms in total. The topological polar surface area (TPSA) is 0 Å². The molecule has 36 valence electrons. The molecule has 0 amide bonds. The van der Waals surface area contributed by atoms with Crippen molar-refractivity contribution in [2.45, 2.75) is 19.3 Å². The van der Waals surface area contributed by atoms with Gasteiger partial charge in [-0.2, -0.15) is 0 Å². The zero-order valence-electron chi connectivity index (χ0n) is 4.28. The van der Waals surface area contributed by atoms with Gasteiger partial charge in [-0.05, 0) is 31.1 Å². The first kappa shape index (κ1) is 2.91. The van der Waals surface area contributed by atoms with Crippen LogP contribution >= 0.6 is 0 Å². The number of allylic oxidation sites excluding steroid dienone is 2. The molecule has 0 aromatic carbocycles. The molecule has 0 spiro atoms. The largest absolute Gasteiger partial charge is 0.0667 e. The first-order valence-electron chi connectivity index (χ1n) is 3.17. The van der Waals surface area contributed by atoms with Gasteiger partial charge in [-0.15, -0.1) is 0 Å². The Hall–Kier alpha value is -0.260. The fraction of sp³-hybridized carbons (Fsp3) is 0.714. The number of fused-ring (bicyclic) bond motifs is 2. The van der Waals surface area contributed by atoms with Crippen LogP contribution in [0.4, 0.5) is 0 Å². The molecule has 2 saturated carbocycles. The SMILES string of the molecule is C1C2=C3CC3CC12. The molecule has 0 aromatic heterocycles. The van der Waals surface area contributed by atoms with E-state index in [4.69, 9.17) is 0 Å². The van der Waals surface area contributed by atoms with Gasteiger partial charge in [-0.1, -0.05) is 11.1 Å². The fourth-order valence-corrected chi connectivity index (χ4v) is 1.99. The molecule has 3 rings (SSSR count). The molecule has 0 bridgehead atoms. The normalized spacial score (nSPS) is 51.4. The Balaban J connectivity index is 2.29. The van der Waals surface area contributed by atoms with E-state index in [9.17, 15) is 0 Å². The summed E-state index contributed by atoms with van der Waals surface area (Å²) in [4.78, 5) is 0. The van der Waals surface area contributed by atoms with Crippen LogP contribution < -0.4 is 0 Å². The van der Waals surface area contributed by atoms with E-state index in [1.807, 2.05) is 11.1 Å². The minimum Gasteiger partial charge on any atom is -0.0667 e. The highest BCUT2D eigenvalue weighted by Gasteiger charge is 2.50. The third kappa shape index (κ3) is 0.206. The average Bonchev–Trinajstić information content (AvgIpc) is 2.47. The molecule has 2 unspecified atom stereocenters. The molecule has 2 atom stereocenters. The Morgan fingerprint density at radius 3 is 1.86 bits per heavy atom. The third-order valence-corrected chi connectivity index (χ3v) is 2.58. The molecule has 0 aromatic rings. The van der Waals surface area contributed by atoms with Gasteiger partial charge in [0, 0.05) is 0 Å². The molecular formula is C7H8. The molecule has 2 fully saturated rings.